The Kier molecular flexibility index (Phi) is 38.2. The monoisotopic (exact) mass is 915 g/mol. The molecule has 1 fully saturated rings. The number of allylic oxidation sites excluding steroid dienone is 8. The fourth-order valence-electron chi connectivity index (χ4n) is 7.52. The van der Waals surface area contributed by atoms with E-state index >= 15 is 0 Å². The quantitative estimate of drug-likeness (QED) is 0.0147. The summed E-state index contributed by atoms with van der Waals surface area (Å²) in [5.41, 5.74) is 0. The molecule has 0 amide bonds. The second-order valence-electron chi connectivity index (χ2n) is 17.3. The standard InChI is InChI=1S/C50H91O12P/c1-3-5-7-9-11-13-15-17-18-19-20-21-22-23-24-25-26-27-28-30-32-34-36-38-40-59-41-43(61-44(51)39-37-35-33-31-29-16-14-12-10-8-6-4-2)42-60-63(57,58)62-50-48(55)46(53)45(52)47(54)49(50)56/h5,7,11,13,17-18,20-21,43,45-50,52-56H,3-4,6,8-10,12,14-16,19,22-42H2,1-2H3,(H,57,58)/b7-5-,13-11-,18-17-,21-20-. The van der Waals surface area contributed by atoms with Crippen LogP contribution < -0.4 is 0 Å². The van der Waals surface area contributed by atoms with Gasteiger partial charge in [0.15, 0.2) is 0 Å². The molecule has 6 unspecified atom stereocenters. The van der Waals surface area contributed by atoms with Crippen molar-refractivity contribution in [2.75, 3.05) is 19.8 Å². The molecule has 13 heteroatoms. The average Bonchev–Trinajstić information content (AvgIpc) is 3.27. The lowest BCUT2D eigenvalue weighted by Gasteiger charge is -2.41. The van der Waals surface area contributed by atoms with Crippen LogP contribution in [0.5, 0.6) is 0 Å². The van der Waals surface area contributed by atoms with E-state index in [2.05, 4.69) is 62.5 Å². The molecule has 12 nitrogen and oxygen atoms in total. The van der Waals surface area contributed by atoms with E-state index in [4.69, 9.17) is 18.5 Å². The van der Waals surface area contributed by atoms with Crippen LogP contribution in [0.1, 0.15) is 200 Å². The van der Waals surface area contributed by atoms with Gasteiger partial charge in [-0.05, 0) is 51.4 Å². The molecule has 6 atom stereocenters. The number of phosphoric ester groups is 1. The minimum absolute atomic E-state index is 0.0775. The second kappa shape index (κ2) is 40.6. The number of unbranched alkanes of at least 4 members (excludes halogenated alkanes) is 22. The summed E-state index contributed by atoms with van der Waals surface area (Å²) in [7, 11) is -5.02. The molecular weight excluding hydrogens is 824 g/mol. The van der Waals surface area contributed by atoms with Gasteiger partial charge in [-0.15, -0.1) is 0 Å². The Labute approximate surface area is 382 Å². The fraction of sp³-hybridized carbons (Fsp3) is 0.820. The Morgan fingerprint density at radius 1 is 0.524 bits per heavy atom. The Bertz CT molecular complexity index is 1230. The highest BCUT2D eigenvalue weighted by molar-refractivity contribution is 7.47. The number of phosphoric acid groups is 1. The van der Waals surface area contributed by atoms with Gasteiger partial charge in [-0.2, -0.15) is 0 Å². The highest BCUT2D eigenvalue weighted by atomic mass is 31.2. The molecule has 1 rings (SSSR count). The lowest BCUT2D eigenvalue weighted by Crippen LogP contribution is -2.64. The number of hydrogen-bond acceptors (Lipinski definition) is 11. The number of rotatable bonds is 42. The third kappa shape index (κ3) is 32.6. The van der Waals surface area contributed by atoms with Gasteiger partial charge in [0.2, 0.25) is 0 Å². The maximum atomic E-state index is 12.8. The van der Waals surface area contributed by atoms with E-state index in [1.165, 1.54) is 103 Å². The third-order valence-electron chi connectivity index (χ3n) is 11.5. The van der Waals surface area contributed by atoms with Crippen molar-refractivity contribution in [3.8, 4) is 0 Å². The summed E-state index contributed by atoms with van der Waals surface area (Å²) in [4.78, 5) is 23.2. The molecule has 0 aromatic rings. The van der Waals surface area contributed by atoms with Crippen molar-refractivity contribution >= 4 is 13.8 Å². The van der Waals surface area contributed by atoms with Crippen LogP contribution in [0.3, 0.4) is 0 Å². The van der Waals surface area contributed by atoms with Crippen LogP contribution in [0.2, 0.25) is 0 Å². The molecule has 1 aliphatic rings. The van der Waals surface area contributed by atoms with E-state index in [0.717, 1.165) is 70.6 Å². The number of carbonyl (C=O) groups excluding carboxylic acids is 1. The molecule has 368 valence electrons. The third-order valence-corrected chi connectivity index (χ3v) is 12.5. The van der Waals surface area contributed by atoms with Crippen LogP contribution in [0, 0.1) is 0 Å². The first-order valence-electron chi connectivity index (χ1n) is 25.0. The lowest BCUT2D eigenvalue weighted by atomic mass is 9.85. The predicted molar refractivity (Wildman–Crippen MR) is 253 cm³/mol. The van der Waals surface area contributed by atoms with Crippen LogP contribution in [0.4, 0.5) is 0 Å². The number of hydrogen-bond donors (Lipinski definition) is 6. The van der Waals surface area contributed by atoms with Crippen molar-refractivity contribution in [1.29, 1.82) is 0 Å². The Hall–Kier alpha value is -1.70. The fourth-order valence-corrected chi connectivity index (χ4v) is 8.50. The molecule has 6 N–H and O–H groups in total. The van der Waals surface area contributed by atoms with Gasteiger partial charge in [-0.25, -0.2) is 4.57 Å². The molecule has 1 saturated carbocycles. The largest absolute Gasteiger partial charge is 0.472 e. The topological polar surface area (TPSA) is 192 Å². The Morgan fingerprint density at radius 3 is 1.43 bits per heavy atom. The number of ether oxygens (including phenoxy) is 2. The first kappa shape index (κ1) is 59.3. The maximum Gasteiger partial charge on any atom is 0.472 e. The number of aliphatic hydroxyl groups excluding tert-OH is 5. The molecule has 1 aliphatic carbocycles. The van der Waals surface area contributed by atoms with Gasteiger partial charge >= 0.3 is 13.8 Å². The van der Waals surface area contributed by atoms with Crippen molar-refractivity contribution < 1.29 is 58.3 Å². The van der Waals surface area contributed by atoms with Crippen molar-refractivity contribution in [3.63, 3.8) is 0 Å². The Morgan fingerprint density at radius 2 is 0.937 bits per heavy atom. The lowest BCUT2D eigenvalue weighted by molar-refractivity contribution is -0.220. The summed E-state index contributed by atoms with van der Waals surface area (Å²) in [6.07, 6.45) is 37.5. The summed E-state index contributed by atoms with van der Waals surface area (Å²) in [5, 5.41) is 50.2. The zero-order valence-electron chi connectivity index (χ0n) is 39.4. The maximum absolute atomic E-state index is 12.8. The molecule has 0 spiro atoms. The van der Waals surface area contributed by atoms with E-state index in [9.17, 15) is 39.8 Å². The second-order valence-corrected chi connectivity index (χ2v) is 18.7. The van der Waals surface area contributed by atoms with E-state index in [1.807, 2.05) is 0 Å². The van der Waals surface area contributed by atoms with E-state index < -0.39 is 63.1 Å². The molecule has 0 aromatic heterocycles. The molecule has 0 radical (unpaired) electrons. The molecule has 63 heavy (non-hydrogen) atoms. The van der Waals surface area contributed by atoms with Crippen molar-refractivity contribution in [1.82, 2.24) is 0 Å². The SMILES string of the molecule is CC/C=C\C/C=C\C/C=C\C/C=C\CCCCCCCCCCCCCOCC(COP(=O)(O)OC1C(O)C(O)C(O)C(O)C1O)OC(=O)CCCCCCCCCCCCCC. The van der Waals surface area contributed by atoms with Gasteiger partial charge in [0.25, 0.3) is 0 Å². The zero-order valence-corrected chi connectivity index (χ0v) is 40.3. The van der Waals surface area contributed by atoms with Gasteiger partial charge in [-0.3, -0.25) is 13.8 Å². The van der Waals surface area contributed by atoms with E-state index in [1.54, 1.807) is 0 Å². The van der Waals surface area contributed by atoms with Crippen LogP contribution in [-0.4, -0.2) is 98.9 Å². The summed E-state index contributed by atoms with van der Waals surface area (Å²) < 4.78 is 34.2. The predicted octanol–water partition coefficient (Wildman–Crippen LogP) is 10.8. The van der Waals surface area contributed by atoms with Gasteiger partial charge < -0.3 is 39.9 Å². The molecule has 0 heterocycles. The van der Waals surface area contributed by atoms with Gasteiger partial charge in [0.1, 0.15) is 42.7 Å². The van der Waals surface area contributed by atoms with E-state index in [-0.39, 0.29) is 13.0 Å². The number of carbonyl (C=O) groups is 1. The first-order chi connectivity index (χ1) is 30.5. The van der Waals surface area contributed by atoms with Crippen molar-refractivity contribution in [3.05, 3.63) is 48.6 Å². The summed E-state index contributed by atoms with van der Waals surface area (Å²) in [5.74, 6) is -0.479. The normalized spacial score (nSPS) is 22.2. The van der Waals surface area contributed by atoms with Crippen LogP contribution in [0.15, 0.2) is 48.6 Å². The number of esters is 1. The highest BCUT2D eigenvalue weighted by Gasteiger charge is 2.51. The van der Waals surface area contributed by atoms with Crippen molar-refractivity contribution in [2.24, 2.45) is 0 Å². The first-order valence-corrected chi connectivity index (χ1v) is 26.5. The van der Waals surface area contributed by atoms with Crippen LogP contribution in [-0.2, 0) is 27.9 Å². The van der Waals surface area contributed by atoms with Gasteiger partial charge in [0.05, 0.1) is 13.2 Å². The van der Waals surface area contributed by atoms with Crippen LogP contribution >= 0.6 is 7.82 Å². The highest BCUT2D eigenvalue weighted by Crippen LogP contribution is 2.47. The van der Waals surface area contributed by atoms with Gasteiger partial charge in [-0.1, -0.05) is 191 Å². The van der Waals surface area contributed by atoms with E-state index in [0.29, 0.717) is 13.0 Å². The molecule has 0 aromatic carbocycles. The summed E-state index contributed by atoms with van der Waals surface area (Å²) >= 11 is 0. The zero-order chi connectivity index (χ0) is 46.2. The summed E-state index contributed by atoms with van der Waals surface area (Å²) in [6.45, 7) is 4.14. The Balaban J connectivity index is 2.30. The minimum atomic E-state index is -5.02. The van der Waals surface area contributed by atoms with Crippen molar-refractivity contribution in [2.45, 2.75) is 243 Å². The minimum Gasteiger partial charge on any atom is -0.457 e. The van der Waals surface area contributed by atoms with Crippen LogP contribution in [0.25, 0.3) is 0 Å². The molecule has 0 aliphatic heterocycles. The molecule has 0 saturated heterocycles. The smallest absolute Gasteiger partial charge is 0.457 e. The number of aliphatic hydroxyl groups is 5. The average molecular weight is 915 g/mol. The van der Waals surface area contributed by atoms with Gasteiger partial charge in [0, 0.05) is 13.0 Å². The summed E-state index contributed by atoms with van der Waals surface area (Å²) in [6, 6.07) is 0. The molecular formula is C50H91O12P. The molecule has 0 bridgehead atoms.